The summed E-state index contributed by atoms with van der Waals surface area (Å²) < 4.78 is 41.7. The van der Waals surface area contributed by atoms with Gasteiger partial charge in [0, 0.05) is 26.2 Å². The van der Waals surface area contributed by atoms with Crippen LogP contribution in [0.4, 0.5) is 0 Å². The number of ether oxygens (including phenoxy) is 6. The summed E-state index contributed by atoms with van der Waals surface area (Å²) in [6, 6.07) is 61.3. The molecule has 0 bridgehead atoms. The maximum absolute atomic E-state index is 15.7. The van der Waals surface area contributed by atoms with Crippen molar-refractivity contribution in [3.8, 4) is 0 Å². The van der Waals surface area contributed by atoms with Crippen molar-refractivity contribution in [3.63, 3.8) is 0 Å². The van der Waals surface area contributed by atoms with E-state index in [1.54, 1.807) is 0 Å². The van der Waals surface area contributed by atoms with Gasteiger partial charge in [-0.1, -0.05) is 182 Å². The molecule has 8 rings (SSSR count). The molecule has 2 aliphatic heterocycles. The Labute approximate surface area is 391 Å². The normalized spacial score (nSPS) is 20.1. The summed E-state index contributed by atoms with van der Waals surface area (Å²) in [7, 11) is 0. The van der Waals surface area contributed by atoms with Crippen molar-refractivity contribution in [1.82, 2.24) is 9.80 Å². The van der Waals surface area contributed by atoms with Gasteiger partial charge >= 0.3 is 0 Å². The molecule has 0 radical (unpaired) electrons. The van der Waals surface area contributed by atoms with Crippen LogP contribution in [0.3, 0.4) is 0 Å². The second-order valence-electron chi connectivity index (χ2n) is 18.0. The minimum Gasteiger partial charge on any atom is -0.374 e. The predicted molar refractivity (Wildman–Crippen MR) is 257 cm³/mol. The molecule has 6 aromatic carbocycles. The fourth-order valence-corrected chi connectivity index (χ4v) is 9.56. The highest BCUT2D eigenvalue weighted by Crippen LogP contribution is 2.44. The molecule has 9 heteroatoms. The number of nitrogens with zero attached hydrogens (tertiary/aromatic N) is 2. The molecule has 0 N–H and O–H groups in total. The summed E-state index contributed by atoms with van der Waals surface area (Å²) in [5, 5.41) is 0. The molecule has 66 heavy (non-hydrogen) atoms. The second kappa shape index (κ2) is 21.9. The quantitative estimate of drug-likeness (QED) is 0.0750. The molecule has 5 atom stereocenters. The number of piperazine rings is 1. The van der Waals surface area contributed by atoms with Crippen LogP contribution >= 0.6 is 0 Å². The smallest absolute Gasteiger partial charge is 0.254 e. The molecule has 9 nitrogen and oxygen atoms in total. The van der Waals surface area contributed by atoms with Crippen LogP contribution in [0.5, 0.6) is 0 Å². The molecule has 6 aromatic rings. The fraction of sp³-hybridized carbons (Fsp3) is 0.351. The first kappa shape index (κ1) is 47.0. The lowest BCUT2D eigenvalue weighted by Crippen LogP contribution is -2.65. The van der Waals surface area contributed by atoms with Crippen LogP contribution in [0.25, 0.3) is 0 Å². The van der Waals surface area contributed by atoms with Crippen molar-refractivity contribution < 1.29 is 33.2 Å². The van der Waals surface area contributed by atoms with Crippen LogP contribution in [-0.4, -0.2) is 84.3 Å². The average molecular weight is 889 g/mol. The largest absolute Gasteiger partial charge is 0.374 e. The summed E-state index contributed by atoms with van der Waals surface area (Å²) in [6.45, 7) is 11.3. The minimum atomic E-state index is -1.26. The van der Waals surface area contributed by atoms with Gasteiger partial charge in [-0.05, 0) is 61.1 Å². The molecular weight excluding hydrogens is 825 g/mol. The van der Waals surface area contributed by atoms with E-state index in [0.29, 0.717) is 32.8 Å². The number of carbonyl (C=O) groups excluding carboxylic acids is 1. The van der Waals surface area contributed by atoms with Crippen LogP contribution in [0.1, 0.15) is 61.1 Å². The molecule has 2 fully saturated rings. The van der Waals surface area contributed by atoms with Crippen molar-refractivity contribution in [2.24, 2.45) is 0 Å². The van der Waals surface area contributed by atoms with Gasteiger partial charge < -0.3 is 33.3 Å². The minimum absolute atomic E-state index is 0.0902. The number of hydrogen-bond acceptors (Lipinski definition) is 8. The van der Waals surface area contributed by atoms with E-state index in [9.17, 15) is 0 Å². The summed E-state index contributed by atoms with van der Waals surface area (Å²) in [4.78, 5) is 20.1. The Morgan fingerprint density at radius 2 is 1.00 bits per heavy atom. The number of carbonyl (C=O) groups is 1. The Bertz CT molecular complexity index is 2330. The molecule has 0 unspecified atom stereocenters. The van der Waals surface area contributed by atoms with Gasteiger partial charge in [-0.3, -0.25) is 9.69 Å². The molecule has 2 aliphatic rings. The van der Waals surface area contributed by atoms with Gasteiger partial charge in [0.25, 0.3) is 5.91 Å². The zero-order valence-electron chi connectivity index (χ0n) is 38.7. The Morgan fingerprint density at radius 1 is 0.591 bits per heavy atom. The van der Waals surface area contributed by atoms with Crippen molar-refractivity contribution in [3.05, 3.63) is 215 Å². The monoisotopic (exact) mass is 888 g/mol. The topological polar surface area (TPSA) is 78.9 Å². The number of hydrogen-bond donors (Lipinski definition) is 0. The van der Waals surface area contributed by atoms with Gasteiger partial charge in [0.15, 0.2) is 11.9 Å². The van der Waals surface area contributed by atoms with Gasteiger partial charge in [-0.2, -0.15) is 0 Å². The summed E-state index contributed by atoms with van der Waals surface area (Å²) in [5.41, 5.74) is 4.57. The lowest BCUT2D eigenvalue weighted by Gasteiger charge is -2.48. The van der Waals surface area contributed by atoms with Crippen LogP contribution < -0.4 is 0 Å². The molecule has 0 spiro atoms. The maximum atomic E-state index is 15.7. The molecule has 2 saturated heterocycles. The first-order valence-electron chi connectivity index (χ1n) is 23.3. The summed E-state index contributed by atoms with van der Waals surface area (Å²) in [6.07, 6.45) is -3.60. The van der Waals surface area contributed by atoms with E-state index < -0.39 is 41.3 Å². The zero-order chi connectivity index (χ0) is 45.8. The van der Waals surface area contributed by atoms with Gasteiger partial charge in [-0.15, -0.1) is 0 Å². The molecule has 0 aromatic heterocycles. The van der Waals surface area contributed by atoms with Crippen LogP contribution in [0.2, 0.25) is 0 Å². The second-order valence-corrected chi connectivity index (χ2v) is 18.0. The van der Waals surface area contributed by atoms with E-state index in [0.717, 1.165) is 22.3 Å². The molecular formula is C57H64N2O7. The highest BCUT2D eigenvalue weighted by Gasteiger charge is 2.61. The molecule has 0 saturated carbocycles. The van der Waals surface area contributed by atoms with Crippen molar-refractivity contribution in [2.75, 3.05) is 32.8 Å². The van der Waals surface area contributed by atoms with Crippen LogP contribution in [-0.2, 0) is 65.2 Å². The Hall–Kier alpha value is -5.49. The van der Waals surface area contributed by atoms with Crippen LogP contribution in [0, 0.1) is 0 Å². The van der Waals surface area contributed by atoms with E-state index >= 15 is 4.79 Å². The highest BCUT2D eigenvalue weighted by atomic mass is 16.8. The van der Waals surface area contributed by atoms with E-state index in [2.05, 4.69) is 72.5 Å². The van der Waals surface area contributed by atoms with Crippen molar-refractivity contribution >= 4 is 5.91 Å². The zero-order valence-corrected chi connectivity index (χ0v) is 38.7. The standard InChI is InChI=1S/C57H64N2O7/c1-44-57(66-55(2,3)65-44,43-61-39-45-23-11-5-12-24-45)53(64-42-48-29-17-8-18-30-48)51(62-40-46-25-13-6-14-26-46)52(63-41-47-27-15-7-16-28-47)54(60)58-35-37-59(38-36-58)56(4,49-31-19-9-20-32-49)50-33-21-10-22-34-50/h5-34,44,51-53H,35-43H2,1-4H3/t44-,51-,52-,53+,57-/m1/s1. The molecule has 0 aliphatic carbocycles. The number of amides is 1. The maximum Gasteiger partial charge on any atom is 0.254 e. The SMILES string of the molecule is C[C@H]1OC(C)(C)O[C@@]1(COCc1ccccc1)[C@@H](OCc1ccccc1)[C@H](OCc1ccccc1)[C@@H](OCc1ccccc1)C(=O)N1CCN(C(C)(c2ccccc2)c2ccccc2)CC1. The Kier molecular flexibility index (Phi) is 15.6. The first-order valence-corrected chi connectivity index (χ1v) is 23.3. The van der Waals surface area contributed by atoms with E-state index in [4.69, 9.17) is 28.4 Å². The number of benzene rings is 6. The Morgan fingerprint density at radius 3 is 1.44 bits per heavy atom. The number of rotatable bonds is 20. The van der Waals surface area contributed by atoms with Gasteiger partial charge in [-0.25, -0.2) is 0 Å². The third kappa shape index (κ3) is 11.2. The van der Waals surface area contributed by atoms with Crippen LogP contribution in [0.15, 0.2) is 182 Å². The van der Waals surface area contributed by atoms with Crippen molar-refractivity contribution in [2.45, 2.75) is 95.5 Å². The lowest BCUT2D eigenvalue weighted by molar-refractivity contribution is -0.250. The van der Waals surface area contributed by atoms with Gasteiger partial charge in [0.2, 0.25) is 0 Å². The Balaban J connectivity index is 1.18. The van der Waals surface area contributed by atoms with Gasteiger partial charge in [0.1, 0.15) is 17.8 Å². The summed E-state index contributed by atoms with van der Waals surface area (Å²) in [5.74, 6) is -1.19. The third-order valence-electron chi connectivity index (χ3n) is 13.1. The predicted octanol–water partition coefficient (Wildman–Crippen LogP) is 9.98. The average Bonchev–Trinajstić information content (AvgIpc) is 3.61. The molecule has 2 heterocycles. The van der Waals surface area contributed by atoms with E-state index in [1.807, 2.05) is 147 Å². The lowest BCUT2D eigenvalue weighted by atomic mass is 9.82. The van der Waals surface area contributed by atoms with Gasteiger partial charge in [0.05, 0.1) is 44.7 Å². The molecule has 344 valence electrons. The molecule has 1 amide bonds. The van der Waals surface area contributed by atoms with E-state index in [1.165, 1.54) is 11.1 Å². The first-order chi connectivity index (χ1) is 32.1. The highest BCUT2D eigenvalue weighted by molar-refractivity contribution is 5.82. The summed E-state index contributed by atoms with van der Waals surface area (Å²) >= 11 is 0. The third-order valence-corrected chi connectivity index (χ3v) is 13.1. The fourth-order valence-electron chi connectivity index (χ4n) is 9.56. The van der Waals surface area contributed by atoms with E-state index in [-0.39, 0.29) is 32.3 Å². The van der Waals surface area contributed by atoms with Crippen molar-refractivity contribution in [1.29, 1.82) is 0 Å².